The molecule has 2 heterocycles. The minimum Gasteiger partial charge on any atom is -0.454 e. The summed E-state index contributed by atoms with van der Waals surface area (Å²) in [6, 6.07) is 8.47. The van der Waals surface area contributed by atoms with Gasteiger partial charge in [-0.15, -0.1) is 11.3 Å². The molecule has 8 heteroatoms. The van der Waals surface area contributed by atoms with Gasteiger partial charge in [0.2, 0.25) is 12.7 Å². The first-order chi connectivity index (χ1) is 13.6. The second-order valence-electron chi connectivity index (χ2n) is 7.16. The number of nitrogens with one attached hydrogen (secondary N) is 1. The number of fused-ring (bicyclic) bond motifs is 1. The molecule has 1 N–H and O–H groups in total. The van der Waals surface area contributed by atoms with Gasteiger partial charge >= 0.3 is 0 Å². The van der Waals surface area contributed by atoms with Crippen LogP contribution < -0.4 is 14.8 Å². The molecule has 0 spiro atoms. The van der Waals surface area contributed by atoms with Crippen LogP contribution >= 0.6 is 11.3 Å². The van der Waals surface area contributed by atoms with Crippen molar-refractivity contribution in [3.63, 3.8) is 0 Å². The second kappa shape index (κ2) is 8.13. The van der Waals surface area contributed by atoms with Crippen molar-refractivity contribution < 1.29 is 22.7 Å². The minimum atomic E-state index is -3.65. The number of ether oxygens (including phenoxy) is 2. The first-order valence-corrected chi connectivity index (χ1v) is 11.9. The Bertz CT molecular complexity index is 934. The first-order valence-electron chi connectivity index (χ1n) is 9.50. The maximum atomic E-state index is 13.3. The summed E-state index contributed by atoms with van der Waals surface area (Å²) in [6.45, 7) is 0.161. The molecule has 150 valence electrons. The van der Waals surface area contributed by atoms with Crippen molar-refractivity contribution in [1.29, 1.82) is 0 Å². The van der Waals surface area contributed by atoms with Crippen molar-refractivity contribution in [2.45, 2.75) is 41.6 Å². The molecule has 1 aromatic heterocycles. The second-order valence-corrected chi connectivity index (χ2v) is 10.5. The standard InChI is InChI=1S/C20H23NO5S2/c22-20(14-5-2-1-3-6-14)21-12-18(28(23,24)19-7-4-10-27-19)15-8-9-16-17(11-15)26-13-25-16/h4,7-11,14,18H,1-3,5-6,12-13H2,(H,21,22)/t18-/m0/s1. The molecule has 2 aliphatic rings. The van der Waals surface area contributed by atoms with Gasteiger partial charge in [-0.1, -0.05) is 31.4 Å². The Balaban J connectivity index is 1.59. The Hall–Kier alpha value is -2.06. The molecule has 1 fully saturated rings. The van der Waals surface area contributed by atoms with Crippen LogP contribution in [0.25, 0.3) is 0 Å². The van der Waals surface area contributed by atoms with Gasteiger partial charge in [0.1, 0.15) is 9.46 Å². The summed E-state index contributed by atoms with van der Waals surface area (Å²) >= 11 is 1.18. The van der Waals surface area contributed by atoms with Crippen molar-refractivity contribution in [1.82, 2.24) is 5.32 Å². The Kier molecular flexibility index (Phi) is 5.59. The summed E-state index contributed by atoms with van der Waals surface area (Å²) in [7, 11) is -3.65. The minimum absolute atomic E-state index is 0.0180. The Morgan fingerprint density at radius 2 is 1.93 bits per heavy atom. The average Bonchev–Trinajstić information content (AvgIpc) is 3.40. The van der Waals surface area contributed by atoms with E-state index >= 15 is 0 Å². The van der Waals surface area contributed by atoms with Gasteiger partial charge in [-0.05, 0) is 42.0 Å². The van der Waals surface area contributed by atoms with Crippen LogP contribution in [0.5, 0.6) is 11.5 Å². The normalized spacial score (nSPS) is 18.0. The summed E-state index contributed by atoms with van der Waals surface area (Å²) in [5.41, 5.74) is 0.585. The molecule has 1 aliphatic heterocycles. The molecule has 6 nitrogen and oxygen atoms in total. The highest BCUT2D eigenvalue weighted by Crippen LogP contribution is 2.38. The molecule has 1 amide bonds. The highest BCUT2D eigenvalue weighted by Gasteiger charge is 2.32. The van der Waals surface area contributed by atoms with Crippen LogP contribution in [0, 0.1) is 5.92 Å². The molecule has 0 bridgehead atoms. The zero-order valence-electron chi connectivity index (χ0n) is 15.4. The van der Waals surface area contributed by atoms with Gasteiger partial charge in [0.25, 0.3) is 0 Å². The van der Waals surface area contributed by atoms with Gasteiger partial charge in [0.15, 0.2) is 21.3 Å². The number of carbonyl (C=O) groups is 1. The Labute approximate surface area is 168 Å². The Morgan fingerprint density at radius 1 is 1.14 bits per heavy atom. The third-order valence-electron chi connectivity index (χ3n) is 5.36. The number of rotatable bonds is 6. The SMILES string of the molecule is O=C(NC[C@@H](c1ccc2c(c1)OCO2)S(=O)(=O)c1cccs1)C1CCCCC1. The van der Waals surface area contributed by atoms with Gasteiger partial charge in [0.05, 0.1) is 0 Å². The number of carbonyl (C=O) groups excluding carboxylic acids is 1. The predicted molar refractivity (Wildman–Crippen MR) is 106 cm³/mol. The van der Waals surface area contributed by atoms with E-state index in [0.717, 1.165) is 32.1 Å². The lowest BCUT2D eigenvalue weighted by atomic mass is 9.88. The molecule has 0 saturated heterocycles. The lowest BCUT2D eigenvalue weighted by Crippen LogP contribution is -2.36. The largest absolute Gasteiger partial charge is 0.454 e. The van der Waals surface area contributed by atoms with E-state index in [2.05, 4.69) is 5.32 Å². The van der Waals surface area contributed by atoms with Crippen molar-refractivity contribution in [2.24, 2.45) is 5.92 Å². The van der Waals surface area contributed by atoms with E-state index in [4.69, 9.17) is 9.47 Å². The predicted octanol–water partition coefficient (Wildman–Crippen LogP) is 3.69. The van der Waals surface area contributed by atoms with Crippen LogP contribution in [0.3, 0.4) is 0 Å². The number of hydrogen-bond donors (Lipinski definition) is 1. The summed E-state index contributed by atoms with van der Waals surface area (Å²) < 4.78 is 37.6. The van der Waals surface area contributed by atoms with Crippen molar-refractivity contribution in [3.8, 4) is 11.5 Å². The van der Waals surface area contributed by atoms with Crippen molar-refractivity contribution in [3.05, 3.63) is 41.3 Å². The van der Waals surface area contributed by atoms with E-state index in [1.807, 2.05) is 0 Å². The third kappa shape index (κ3) is 3.89. The monoisotopic (exact) mass is 421 g/mol. The van der Waals surface area contributed by atoms with Crippen molar-refractivity contribution >= 4 is 27.1 Å². The smallest absolute Gasteiger partial charge is 0.231 e. The van der Waals surface area contributed by atoms with E-state index in [1.54, 1.807) is 35.7 Å². The molecule has 1 aromatic carbocycles. The maximum absolute atomic E-state index is 13.3. The highest BCUT2D eigenvalue weighted by atomic mass is 32.2. The summed E-state index contributed by atoms with van der Waals surface area (Å²) in [6.07, 6.45) is 5.01. The van der Waals surface area contributed by atoms with Crippen LogP contribution in [0.2, 0.25) is 0 Å². The number of thiophene rings is 1. The lowest BCUT2D eigenvalue weighted by Gasteiger charge is -2.23. The summed E-state index contributed by atoms with van der Waals surface area (Å²) in [5, 5.41) is 3.76. The third-order valence-corrected chi connectivity index (χ3v) is 8.89. The van der Waals surface area contributed by atoms with E-state index in [-0.39, 0.29) is 25.2 Å². The molecule has 0 unspecified atom stereocenters. The highest BCUT2D eigenvalue weighted by molar-refractivity contribution is 7.93. The zero-order chi connectivity index (χ0) is 19.6. The van der Waals surface area contributed by atoms with Gasteiger partial charge in [-0.3, -0.25) is 4.79 Å². The fraction of sp³-hybridized carbons (Fsp3) is 0.450. The molecule has 1 aliphatic carbocycles. The first kappa shape index (κ1) is 19.3. The molecule has 1 atom stereocenters. The van der Waals surface area contributed by atoms with Crippen molar-refractivity contribution in [2.75, 3.05) is 13.3 Å². The fourth-order valence-corrected chi connectivity index (χ4v) is 6.64. The molecule has 4 rings (SSSR count). The average molecular weight is 422 g/mol. The fourth-order valence-electron chi connectivity index (χ4n) is 3.79. The molecule has 1 saturated carbocycles. The quantitative estimate of drug-likeness (QED) is 0.769. The topological polar surface area (TPSA) is 81.7 Å². The van der Waals surface area contributed by atoms with Crippen LogP contribution in [0.15, 0.2) is 39.9 Å². The molecule has 0 radical (unpaired) electrons. The molecular weight excluding hydrogens is 398 g/mol. The van der Waals surface area contributed by atoms with Gasteiger partial charge in [-0.2, -0.15) is 0 Å². The number of amides is 1. The van der Waals surface area contributed by atoms with Crippen LogP contribution in [0.1, 0.15) is 42.9 Å². The van der Waals surface area contributed by atoms with E-state index < -0.39 is 15.1 Å². The Morgan fingerprint density at radius 3 is 2.68 bits per heavy atom. The number of hydrogen-bond acceptors (Lipinski definition) is 6. The lowest BCUT2D eigenvalue weighted by molar-refractivity contribution is -0.125. The number of benzene rings is 1. The zero-order valence-corrected chi connectivity index (χ0v) is 17.1. The van der Waals surface area contributed by atoms with Gasteiger partial charge in [-0.25, -0.2) is 8.42 Å². The maximum Gasteiger partial charge on any atom is 0.231 e. The summed E-state index contributed by atoms with van der Waals surface area (Å²) in [4.78, 5) is 12.6. The van der Waals surface area contributed by atoms with Gasteiger partial charge in [0, 0.05) is 12.5 Å². The van der Waals surface area contributed by atoms with Crippen LogP contribution in [-0.2, 0) is 14.6 Å². The molecule has 28 heavy (non-hydrogen) atoms. The number of sulfone groups is 1. The van der Waals surface area contributed by atoms with E-state index in [9.17, 15) is 13.2 Å². The molecular formula is C20H23NO5S2. The summed E-state index contributed by atoms with van der Waals surface area (Å²) in [5.74, 6) is 1.06. The molecule has 2 aromatic rings. The van der Waals surface area contributed by atoms with Crippen LogP contribution in [-0.4, -0.2) is 27.7 Å². The van der Waals surface area contributed by atoms with E-state index in [0.29, 0.717) is 21.3 Å². The van der Waals surface area contributed by atoms with Crippen LogP contribution in [0.4, 0.5) is 0 Å². The van der Waals surface area contributed by atoms with E-state index in [1.165, 1.54) is 11.3 Å². The van der Waals surface area contributed by atoms with Gasteiger partial charge < -0.3 is 14.8 Å².